The average Bonchev–Trinajstić information content (AvgIpc) is 3.47. The molecule has 1 unspecified atom stereocenters. The summed E-state index contributed by atoms with van der Waals surface area (Å²) < 4.78 is 25.1. The summed E-state index contributed by atoms with van der Waals surface area (Å²) in [7, 11) is 0. The van der Waals surface area contributed by atoms with Gasteiger partial charge >= 0.3 is 5.97 Å². The van der Waals surface area contributed by atoms with Crippen molar-refractivity contribution < 1.29 is 34.0 Å². The second-order valence-corrected chi connectivity index (χ2v) is 11.1. The molecule has 2 aliphatic rings. The number of phenolic OH excluding ortho intramolecular Hbond substituents is 1. The molecule has 7 heteroatoms. The number of aliphatic hydroxyl groups is 1. The number of rotatable bonds is 7. The number of carboxylic acid groups (broad SMARTS) is 1. The van der Waals surface area contributed by atoms with Crippen LogP contribution < -0.4 is 9.47 Å². The van der Waals surface area contributed by atoms with Crippen LogP contribution in [0.4, 0.5) is 4.39 Å². The largest absolute Gasteiger partial charge is 0.508 e. The van der Waals surface area contributed by atoms with Gasteiger partial charge in [0, 0.05) is 24.0 Å². The van der Waals surface area contributed by atoms with Crippen LogP contribution in [0.2, 0.25) is 0 Å². The average molecular weight is 537 g/mol. The van der Waals surface area contributed by atoms with Crippen molar-refractivity contribution in [1.82, 2.24) is 0 Å². The van der Waals surface area contributed by atoms with E-state index in [0.717, 1.165) is 52.8 Å². The van der Waals surface area contributed by atoms with E-state index in [4.69, 9.17) is 19.7 Å². The molecule has 3 N–H and O–H groups in total. The smallest absolute Gasteiger partial charge is 0.304 e. The molecule has 3 aromatic rings. The number of ether oxygens (including phenoxy) is 2. The van der Waals surface area contributed by atoms with Crippen LogP contribution in [0.5, 0.6) is 17.2 Å². The van der Waals surface area contributed by atoms with E-state index < -0.39 is 11.6 Å². The minimum absolute atomic E-state index is 0.0672. The fourth-order valence-corrected chi connectivity index (χ4v) is 5.39. The maximum atomic E-state index is 14.0. The van der Waals surface area contributed by atoms with Crippen LogP contribution in [0.25, 0.3) is 11.1 Å². The standard InChI is InChI=1S/C22H27FO2.C10H10O4/c1-14-12-16(25-11-10-22(3,4)24)13-15(2)21(14)19-8-9-20(23)18-7-5-6-17(18)19;11-7-1-2-8-6(3-10(12)13)5-14-9(8)4-7/h8-9,12-13,24H,5-7,10-11H2,1-4H3;1-2,4,6,11H,3,5H2,(H,12,13). The molecule has 0 amide bonds. The monoisotopic (exact) mass is 536 g/mol. The summed E-state index contributed by atoms with van der Waals surface area (Å²) in [6, 6.07) is 12.4. The number of carbonyl (C=O) groups is 1. The quantitative estimate of drug-likeness (QED) is 0.320. The fourth-order valence-electron chi connectivity index (χ4n) is 5.39. The molecule has 0 aromatic heterocycles. The van der Waals surface area contributed by atoms with E-state index in [1.54, 1.807) is 32.0 Å². The molecule has 3 aromatic carbocycles. The Morgan fingerprint density at radius 3 is 2.44 bits per heavy atom. The first-order valence-corrected chi connectivity index (χ1v) is 13.4. The van der Waals surface area contributed by atoms with Crippen molar-refractivity contribution in [1.29, 1.82) is 0 Å². The Balaban J connectivity index is 0.000000212. The molecule has 1 atom stereocenters. The Labute approximate surface area is 229 Å². The number of aromatic hydroxyl groups is 1. The molecule has 208 valence electrons. The first-order chi connectivity index (χ1) is 18.4. The van der Waals surface area contributed by atoms with Crippen LogP contribution in [0.1, 0.15) is 66.8 Å². The molecule has 5 rings (SSSR count). The second-order valence-electron chi connectivity index (χ2n) is 11.1. The molecule has 0 fully saturated rings. The highest BCUT2D eigenvalue weighted by molar-refractivity contribution is 5.76. The van der Waals surface area contributed by atoms with E-state index in [1.807, 2.05) is 18.2 Å². The number of aryl methyl sites for hydroxylation is 2. The molecule has 1 aliphatic heterocycles. The topological polar surface area (TPSA) is 96.2 Å². The van der Waals surface area contributed by atoms with Crippen molar-refractivity contribution in [3.05, 3.63) is 76.1 Å². The summed E-state index contributed by atoms with van der Waals surface area (Å²) >= 11 is 0. The normalized spacial score (nSPS) is 15.6. The van der Waals surface area contributed by atoms with Gasteiger partial charge in [-0.05, 0) is 105 Å². The maximum absolute atomic E-state index is 14.0. The minimum atomic E-state index is -0.834. The highest BCUT2D eigenvalue weighted by Gasteiger charge is 2.26. The Bertz CT molecular complexity index is 1330. The van der Waals surface area contributed by atoms with Crippen LogP contribution in [-0.2, 0) is 17.6 Å². The van der Waals surface area contributed by atoms with Crippen molar-refractivity contribution in [2.75, 3.05) is 13.2 Å². The summed E-state index contributed by atoms with van der Waals surface area (Å²) in [5, 5.41) is 27.6. The van der Waals surface area contributed by atoms with Gasteiger partial charge in [0.1, 0.15) is 23.1 Å². The zero-order valence-electron chi connectivity index (χ0n) is 23.0. The lowest BCUT2D eigenvalue weighted by Gasteiger charge is -2.19. The number of hydrogen-bond acceptors (Lipinski definition) is 5. The Morgan fingerprint density at radius 2 is 1.77 bits per heavy atom. The molecule has 0 saturated carbocycles. The Hall–Kier alpha value is -3.58. The van der Waals surface area contributed by atoms with Crippen molar-refractivity contribution in [3.8, 4) is 28.4 Å². The van der Waals surface area contributed by atoms with E-state index in [1.165, 1.54) is 17.2 Å². The molecule has 6 nitrogen and oxygen atoms in total. The molecular formula is C32H37FO6. The molecular weight excluding hydrogens is 499 g/mol. The van der Waals surface area contributed by atoms with Crippen LogP contribution in [-0.4, -0.2) is 40.1 Å². The Kier molecular flexibility index (Phi) is 8.50. The first kappa shape index (κ1) is 28.4. The SMILES string of the molecule is Cc1cc(OCCC(C)(C)O)cc(C)c1-c1ccc(F)c2c1CCC2.O=C(O)CC1COc2cc(O)ccc21. The van der Waals surface area contributed by atoms with Gasteiger partial charge in [-0.1, -0.05) is 12.1 Å². The number of carboxylic acids is 1. The van der Waals surface area contributed by atoms with Gasteiger partial charge in [-0.3, -0.25) is 4.79 Å². The second kappa shape index (κ2) is 11.7. The van der Waals surface area contributed by atoms with Crippen LogP contribution in [0.3, 0.4) is 0 Å². The van der Waals surface area contributed by atoms with E-state index >= 15 is 0 Å². The maximum Gasteiger partial charge on any atom is 0.304 e. The zero-order valence-corrected chi connectivity index (χ0v) is 23.0. The van der Waals surface area contributed by atoms with Gasteiger partial charge < -0.3 is 24.8 Å². The van der Waals surface area contributed by atoms with Crippen molar-refractivity contribution in [3.63, 3.8) is 0 Å². The number of aliphatic carboxylic acids is 1. The fraction of sp³-hybridized carbons (Fsp3) is 0.406. The summed E-state index contributed by atoms with van der Waals surface area (Å²) in [5.74, 6) is 0.554. The molecule has 0 bridgehead atoms. The third-order valence-electron chi connectivity index (χ3n) is 7.28. The number of benzene rings is 3. The van der Waals surface area contributed by atoms with E-state index in [-0.39, 0.29) is 23.9 Å². The zero-order chi connectivity index (χ0) is 28.3. The molecule has 0 radical (unpaired) electrons. The third kappa shape index (κ3) is 6.90. The molecule has 0 saturated heterocycles. The van der Waals surface area contributed by atoms with E-state index in [0.29, 0.717) is 25.4 Å². The number of halogens is 1. The number of phenols is 1. The number of hydrogen-bond donors (Lipinski definition) is 3. The van der Waals surface area contributed by atoms with Crippen molar-refractivity contribution in [2.45, 2.75) is 71.3 Å². The summed E-state index contributed by atoms with van der Waals surface area (Å²) in [6.45, 7) is 8.58. The third-order valence-corrected chi connectivity index (χ3v) is 7.28. The van der Waals surface area contributed by atoms with Crippen LogP contribution in [0, 0.1) is 19.7 Å². The van der Waals surface area contributed by atoms with Crippen LogP contribution in [0.15, 0.2) is 42.5 Å². The summed E-state index contributed by atoms with van der Waals surface area (Å²) in [5.41, 5.74) is 6.82. The van der Waals surface area contributed by atoms with Gasteiger partial charge in [0.05, 0.1) is 25.2 Å². The molecule has 1 aliphatic carbocycles. The summed E-state index contributed by atoms with van der Waals surface area (Å²) in [4.78, 5) is 10.5. The predicted molar refractivity (Wildman–Crippen MR) is 148 cm³/mol. The predicted octanol–water partition coefficient (Wildman–Crippen LogP) is 6.48. The number of fused-ring (bicyclic) bond motifs is 2. The van der Waals surface area contributed by atoms with Gasteiger partial charge in [0.15, 0.2) is 0 Å². The summed E-state index contributed by atoms with van der Waals surface area (Å²) in [6.07, 6.45) is 3.46. The lowest BCUT2D eigenvalue weighted by molar-refractivity contribution is -0.137. The lowest BCUT2D eigenvalue weighted by atomic mass is 9.90. The lowest BCUT2D eigenvalue weighted by Crippen LogP contribution is -2.21. The van der Waals surface area contributed by atoms with Crippen LogP contribution >= 0.6 is 0 Å². The van der Waals surface area contributed by atoms with Gasteiger partial charge in [0.2, 0.25) is 0 Å². The van der Waals surface area contributed by atoms with Crippen molar-refractivity contribution >= 4 is 5.97 Å². The highest BCUT2D eigenvalue weighted by Crippen LogP contribution is 2.39. The first-order valence-electron chi connectivity index (χ1n) is 13.4. The van der Waals surface area contributed by atoms with E-state index in [2.05, 4.69) is 13.8 Å². The van der Waals surface area contributed by atoms with Gasteiger partial charge in [-0.2, -0.15) is 0 Å². The van der Waals surface area contributed by atoms with Crippen molar-refractivity contribution in [2.24, 2.45) is 0 Å². The molecule has 39 heavy (non-hydrogen) atoms. The molecule has 0 spiro atoms. The Morgan fingerprint density at radius 1 is 1.08 bits per heavy atom. The van der Waals surface area contributed by atoms with E-state index in [9.17, 15) is 14.3 Å². The van der Waals surface area contributed by atoms with Gasteiger partial charge in [0.25, 0.3) is 0 Å². The molecule has 1 heterocycles. The van der Waals surface area contributed by atoms with Gasteiger partial charge in [-0.25, -0.2) is 4.39 Å². The minimum Gasteiger partial charge on any atom is -0.508 e. The van der Waals surface area contributed by atoms with Gasteiger partial charge in [-0.15, -0.1) is 0 Å². The highest BCUT2D eigenvalue weighted by atomic mass is 19.1.